The van der Waals surface area contributed by atoms with Gasteiger partial charge in [0.25, 0.3) is 5.91 Å². The van der Waals surface area contributed by atoms with Gasteiger partial charge in [0.1, 0.15) is 5.82 Å². The van der Waals surface area contributed by atoms with Gasteiger partial charge in [-0.15, -0.1) is 0 Å². The summed E-state index contributed by atoms with van der Waals surface area (Å²) in [5, 5.41) is 6.26. The van der Waals surface area contributed by atoms with Gasteiger partial charge in [0.05, 0.1) is 29.9 Å². The Labute approximate surface area is 212 Å². The number of nitrogens with one attached hydrogen (secondary N) is 2. The molecule has 0 spiro atoms. The van der Waals surface area contributed by atoms with Crippen LogP contribution in [0.2, 0.25) is 0 Å². The molecule has 9 heteroatoms. The van der Waals surface area contributed by atoms with Crippen molar-refractivity contribution in [1.29, 1.82) is 0 Å². The molecule has 1 aromatic heterocycles. The summed E-state index contributed by atoms with van der Waals surface area (Å²) in [6.45, 7) is 10.7. The Balaban J connectivity index is 1.71. The number of benzene rings is 1. The fourth-order valence-corrected chi connectivity index (χ4v) is 4.85. The van der Waals surface area contributed by atoms with Crippen LogP contribution >= 0.6 is 0 Å². The lowest BCUT2D eigenvalue weighted by molar-refractivity contribution is -0.125. The first-order valence-electron chi connectivity index (χ1n) is 12.6. The first kappa shape index (κ1) is 26.0. The smallest absolute Gasteiger partial charge is 0.337 e. The van der Waals surface area contributed by atoms with Crippen molar-refractivity contribution >= 4 is 17.7 Å². The number of rotatable bonds is 7. The molecule has 0 bridgehead atoms. The molecule has 0 aliphatic carbocycles. The molecule has 2 aliphatic rings. The fraction of sp³-hybridized carbons (Fsp3) is 0.556. The lowest BCUT2D eigenvalue weighted by Crippen LogP contribution is -2.54. The molecule has 2 atom stereocenters. The second-order valence-electron chi connectivity index (χ2n) is 11.0. The van der Waals surface area contributed by atoms with Crippen LogP contribution in [-0.2, 0) is 22.6 Å². The van der Waals surface area contributed by atoms with Gasteiger partial charge < -0.3 is 24.8 Å². The summed E-state index contributed by atoms with van der Waals surface area (Å²) in [6.07, 6.45) is 1.60. The van der Waals surface area contributed by atoms with Crippen molar-refractivity contribution in [3.05, 3.63) is 41.2 Å². The first-order valence-corrected chi connectivity index (χ1v) is 12.6. The highest BCUT2D eigenvalue weighted by Crippen LogP contribution is 2.32. The summed E-state index contributed by atoms with van der Waals surface area (Å²) in [5.74, 6) is -0.0500. The van der Waals surface area contributed by atoms with E-state index in [9.17, 15) is 14.4 Å². The van der Waals surface area contributed by atoms with Gasteiger partial charge in [-0.25, -0.2) is 9.78 Å². The van der Waals surface area contributed by atoms with Crippen LogP contribution in [-0.4, -0.2) is 70.9 Å². The van der Waals surface area contributed by atoms with Gasteiger partial charge in [0.2, 0.25) is 0 Å². The number of amides is 1. The van der Waals surface area contributed by atoms with Gasteiger partial charge in [0.15, 0.2) is 11.5 Å². The Kier molecular flexibility index (Phi) is 7.07. The van der Waals surface area contributed by atoms with Gasteiger partial charge in [-0.2, -0.15) is 0 Å². The Bertz CT molecular complexity index is 1160. The predicted octanol–water partition coefficient (Wildman–Crippen LogP) is 2.64. The van der Waals surface area contributed by atoms with Crippen LogP contribution in [0.25, 0.3) is 11.4 Å². The minimum atomic E-state index is -0.649. The SMILES string of the molecule is CCC1(C(=O)C(NC(=O)c2nc(-c3ccc(C(=O)OC)cc3)n3c2CN(C)CCC3)C(C)(C)C)CN1. The van der Waals surface area contributed by atoms with E-state index in [1.807, 2.05) is 46.9 Å². The molecule has 0 saturated carbocycles. The van der Waals surface area contributed by atoms with E-state index in [1.54, 1.807) is 12.1 Å². The number of nitrogens with zero attached hydrogens (tertiary/aromatic N) is 3. The van der Waals surface area contributed by atoms with Crippen molar-refractivity contribution in [2.75, 3.05) is 27.2 Å². The quantitative estimate of drug-likeness (QED) is 0.448. The Morgan fingerprint density at radius 2 is 1.86 bits per heavy atom. The highest BCUT2D eigenvalue weighted by atomic mass is 16.5. The molecule has 2 aliphatic heterocycles. The number of Topliss-reactive ketones (excluding diaryl/α,β-unsaturated/α-hetero) is 1. The maximum absolute atomic E-state index is 13.7. The second kappa shape index (κ2) is 9.78. The minimum absolute atomic E-state index is 0.0203. The molecule has 194 valence electrons. The van der Waals surface area contributed by atoms with Crippen LogP contribution in [0.4, 0.5) is 0 Å². The Hall–Kier alpha value is -3.04. The van der Waals surface area contributed by atoms with E-state index in [0.717, 1.165) is 30.8 Å². The van der Waals surface area contributed by atoms with E-state index < -0.39 is 23.0 Å². The number of fused-ring (bicyclic) bond motifs is 1. The molecule has 1 amide bonds. The molecule has 36 heavy (non-hydrogen) atoms. The average Bonchev–Trinajstić information content (AvgIpc) is 3.61. The lowest BCUT2D eigenvalue weighted by Gasteiger charge is -2.32. The van der Waals surface area contributed by atoms with Crippen LogP contribution < -0.4 is 10.6 Å². The van der Waals surface area contributed by atoms with Crippen LogP contribution in [0.5, 0.6) is 0 Å². The Morgan fingerprint density at radius 3 is 2.42 bits per heavy atom. The Morgan fingerprint density at radius 1 is 1.19 bits per heavy atom. The van der Waals surface area contributed by atoms with Crippen molar-refractivity contribution in [3.63, 3.8) is 0 Å². The van der Waals surface area contributed by atoms with E-state index in [-0.39, 0.29) is 11.7 Å². The zero-order valence-electron chi connectivity index (χ0n) is 22.1. The molecule has 3 heterocycles. The number of hydrogen-bond donors (Lipinski definition) is 2. The van der Waals surface area contributed by atoms with Gasteiger partial charge in [0, 0.05) is 25.2 Å². The number of ether oxygens (including phenoxy) is 1. The largest absolute Gasteiger partial charge is 0.465 e. The molecule has 2 unspecified atom stereocenters. The number of hydrogen-bond acceptors (Lipinski definition) is 7. The van der Waals surface area contributed by atoms with Gasteiger partial charge in [-0.1, -0.05) is 39.8 Å². The molecule has 9 nitrogen and oxygen atoms in total. The van der Waals surface area contributed by atoms with E-state index in [1.165, 1.54) is 7.11 Å². The summed E-state index contributed by atoms with van der Waals surface area (Å²) >= 11 is 0. The number of carbonyl (C=O) groups excluding carboxylic acids is 3. The summed E-state index contributed by atoms with van der Waals surface area (Å²) in [5.41, 5.74) is 1.42. The molecule has 4 rings (SSSR count). The maximum Gasteiger partial charge on any atom is 0.337 e. The number of methoxy groups -OCH3 is 1. The highest BCUT2D eigenvalue weighted by molar-refractivity contribution is 6.02. The third-order valence-corrected chi connectivity index (χ3v) is 7.28. The number of ketones is 1. The van der Waals surface area contributed by atoms with Gasteiger partial charge in [-0.05, 0) is 44.0 Å². The van der Waals surface area contributed by atoms with Crippen LogP contribution in [0.3, 0.4) is 0 Å². The van der Waals surface area contributed by atoms with Crippen molar-refractivity contribution in [2.45, 2.75) is 65.2 Å². The highest BCUT2D eigenvalue weighted by Gasteiger charge is 2.52. The number of imidazole rings is 1. The van der Waals surface area contributed by atoms with Crippen LogP contribution in [0.15, 0.2) is 24.3 Å². The molecular formula is C27H37N5O4. The minimum Gasteiger partial charge on any atom is -0.465 e. The molecule has 0 radical (unpaired) electrons. The lowest BCUT2D eigenvalue weighted by atomic mass is 9.79. The third-order valence-electron chi connectivity index (χ3n) is 7.28. The molecule has 1 saturated heterocycles. The summed E-state index contributed by atoms with van der Waals surface area (Å²) in [4.78, 5) is 46.0. The van der Waals surface area contributed by atoms with Crippen LogP contribution in [0.1, 0.15) is 67.1 Å². The summed E-state index contributed by atoms with van der Waals surface area (Å²) < 4.78 is 6.90. The molecule has 2 aromatic rings. The molecule has 2 N–H and O–H groups in total. The first-order chi connectivity index (χ1) is 17.0. The zero-order chi connectivity index (χ0) is 26.3. The molecular weight excluding hydrogens is 458 g/mol. The third kappa shape index (κ3) is 4.95. The summed E-state index contributed by atoms with van der Waals surface area (Å²) in [7, 11) is 3.38. The normalized spacial score (nSPS) is 20.7. The van der Waals surface area contributed by atoms with Gasteiger partial charge >= 0.3 is 5.97 Å². The van der Waals surface area contributed by atoms with Crippen LogP contribution in [0, 0.1) is 5.41 Å². The fourth-order valence-electron chi connectivity index (χ4n) is 4.85. The van der Waals surface area contributed by atoms with Crippen molar-refractivity contribution in [2.24, 2.45) is 5.41 Å². The van der Waals surface area contributed by atoms with Crippen molar-refractivity contribution in [3.8, 4) is 11.4 Å². The van der Waals surface area contributed by atoms with Crippen molar-refractivity contribution < 1.29 is 19.1 Å². The van der Waals surface area contributed by atoms with E-state index in [0.29, 0.717) is 36.6 Å². The topological polar surface area (TPSA) is 115 Å². The monoisotopic (exact) mass is 495 g/mol. The molecule has 1 fully saturated rings. The van der Waals surface area contributed by atoms with Gasteiger partial charge in [-0.3, -0.25) is 9.59 Å². The zero-order valence-corrected chi connectivity index (χ0v) is 22.1. The number of esters is 1. The standard InChI is InChI=1S/C27H37N5O4/c1-7-27(16-28-27)22(33)21(26(2,3)4)30-24(34)20-19-15-31(5)13-8-14-32(19)23(29-20)17-9-11-18(12-10-17)25(35)36-6/h9-12,21,28H,7-8,13-16H2,1-6H3,(H,30,34). The number of carbonyl (C=O) groups is 3. The maximum atomic E-state index is 13.7. The van der Waals surface area contributed by atoms with E-state index >= 15 is 0 Å². The van der Waals surface area contributed by atoms with Crippen molar-refractivity contribution in [1.82, 2.24) is 25.1 Å². The number of aromatic nitrogens is 2. The second-order valence-corrected chi connectivity index (χ2v) is 11.0. The predicted molar refractivity (Wildman–Crippen MR) is 137 cm³/mol. The molecule has 1 aromatic carbocycles. The summed E-state index contributed by atoms with van der Waals surface area (Å²) in [6, 6.07) is 6.40. The van der Waals surface area contributed by atoms with E-state index in [4.69, 9.17) is 9.72 Å². The average molecular weight is 496 g/mol. The van der Waals surface area contributed by atoms with E-state index in [2.05, 4.69) is 20.1 Å².